The van der Waals surface area contributed by atoms with Crippen LogP contribution in [0, 0.1) is 0 Å². The van der Waals surface area contributed by atoms with Crippen LogP contribution in [0.25, 0.3) is 0 Å². The van der Waals surface area contributed by atoms with E-state index in [4.69, 9.17) is 22.1 Å². The molecule has 0 heterocycles. The van der Waals surface area contributed by atoms with Gasteiger partial charge in [0.2, 0.25) is 0 Å². The summed E-state index contributed by atoms with van der Waals surface area (Å²) in [4.78, 5) is 0. The molecule has 88 valence electrons. The average molecular weight is 240 g/mol. The molecular formula is C13H18ClNO. The summed E-state index contributed by atoms with van der Waals surface area (Å²) in [5, 5.41) is 0.675. The molecule has 1 aliphatic carbocycles. The average Bonchev–Trinajstić information content (AvgIpc) is 2.24. The molecule has 0 spiro atoms. The molecule has 0 bridgehead atoms. The summed E-state index contributed by atoms with van der Waals surface area (Å²) >= 11 is 6.04. The van der Waals surface area contributed by atoms with Crippen molar-refractivity contribution >= 4 is 11.6 Å². The second-order valence-corrected chi connectivity index (χ2v) is 4.93. The number of halogens is 1. The van der Waals surface area contributed by atoms with Crippen LogP contribution in [0.15, 0.2) is 18.2 Å². The van der Waals surface area contributed by atoms with Crippen molar-refractivity contribution in [2.45, 2.75) is 31.1 Å². The minimum absolute atomic E-state index is 0.284. The van der Waals surface area contributed by atoms with Gasteiger partial charge < -0.3 is 10.5 Å². The maximum Gasteiger partial charge on any atom is 0.137 e. The summed E-state index contributed by atoms with van der Waals surface area (Å²) in [5.74, 6) is 0.766. The van der Waals surface area contributed by atoms with E-state index in [-0.39, 0.29) is 5.41 Å². The Morgan fingerprint density at radius 3 is 2.69 bits per heavy atom. The number of nitrogens with two attached hydrogens (primary N) is 1. The van der Waals surface area contributed by atoms with Gasteiger partial charge in [0.15, 0.2) is 0 Å². The van der Waals surface area contributed by atoms with Crippen molar-refractivity contribution in [3.05, 3.63) is 28.8 Å². The van der Waals surface area contributed by atoms with E-state index in [0.29, 0.717) is 5.02 Å². The summed E-state index contributed by atoms with van der Waals surface area (Å²) in [6.07, 6.45) is 4.81. The van der Waals surface area contributed by atoms with Crippen LogP contribution in [0.4, 0.5) is 0 Å². The number of rotatable bonds is 4. The predicted molar refractivity (Wildman–Crippen MR) is 67.2 cm³/mol. The van der Waals surface area contributed by atoms with Crippen molar-refractivity contribution in [3.8, 4) is 5.75 Å². The van der Waals surface area contributed by atoms with Gasteiger partial charge in [0, 0.05) is 0 Å². The minimum Gasteiger partial charge on any atom is -0.495 e. The van der Waals surface area contributed by atoms with E-state index < -0.39 is 0 Å². The predicted octanol–water partition coefficient (Wildman–Crippen LogP) is 3.12. The highest BCUT2D eigenvalue weighted by Crippen LogP contribution is 2.47. The van der Waals surface area contributed by atoms with Crippen molar-refractivity contribution < 1.29 is 4.74 Å². The minimum atomic E-state index is 0.284. The Hall–Kier alpha value is -0.730. The van der Waals surface area contributed by atoms with E-state index in [1.807, 2.05) is 6.07 Å². The zero-order valence-electron chi connectivity index (χ0n) is 9.63. The lowest BCUT2D eigenvalue weighted by molar-refractivity contribution is 0.228. The third-order valence-electron chi connectivity index (χ3n) is 3.70. The van der Waals surface area contributed by atoms with Gasteiger partial charge in [0.1, 0.15) is 5.75 Å². The molecular weight excluding hydrogens is 222 g/mol. The fraction of sp³-hybridized carbons (Fsp3) is 0.538. The molecule has 1 aliphatic rings. The number of methoxy groups -OCH3 is 1. The van der Waals surface area contributed by atoms with E-state index in [1.54, 1.807) is 7.11 Å². The van der Waals surface area contributed by atoms with Gasteiger partial charge in [0.05, 0.1) is 12.1 Å². The maximum atomic E-state index is 6.04. The lowest BCUT2D eigenvalue weighted by atomic mass is 9.62. The van der Waals surface area contributed by atoms with Gasteiger partial charge in [-0.3, -0.25) is 0 Å². The van der Waals surface area contributed by atoms with Crippen molar-refractivity contribution in [2.75, 3.05) is 13.7 Å². The van der Waals surface area contributed by atoms with Crippen molar-refractivity contribution in [1.82, 2.24) is 0 Å². The molecule has 0 atom stereocenters. The van der Waals surface area contributed by atoms with Gasteiger partial charge >= 0.3 is 0 Å². The standard InChI is InChI=1S/C13H18ClNO/c1-16-12-9-10(3-4-11(12)14)13(7-8-15)5-2-6-13/h3-4,9H,2,5-8,15H2,1H3. The highest BCUT2D eigenvalue weighted by Gasteiger charge is 2.38. The number of benzene rings is 1. The third kappa shape index (κ3) is 1.92. The first-order valence-electron chi connectivity index (χ1n) is 5.76. The summed E-state index contributed by atoms with van der Waals surface area (Å²) in [6.45, 7) is 0.741. The zero-order chi connectivity index (χ0) is 11.6. The lowest BCUT2D eigenvalue weighted by Crippen LogP contribution is -2.36. The lowest BCUT2D eigenvalue weighted by Gasteiger charge is -2.42. The van der Waals surface area contributed by atoms with Gasteiger partial charge in [-0.25, -0.2) is 0 Å². The van der Waals surface area contributed by atoms with Crippen LogP contribution in [0.1, 0.15) is 31.2 Å². The van der Waals surface area contributed by atoms with Gasteiger partial charge in [-0.2, -0.15) is 0 Å². The molecule has 0 amide bonds. The first-order valence-corrected chi connectivity index (χ1v) is 6.14. The maximum absolute atomic E-state index is 6.04. The molecule has 1 aromatic rings. The van der Waals surface area contributed by atoms with E-state index in [2.05, 4.69) is 12.1 Å². The molecule has 3 heteroatoms. The Morgan fingerprint density at radius 1 is 1.44 bits per heavy atom. The summed E-state index contributed by atoms with van der Waals surface area (Å²) in [5.41, 5.74) is 7.31. The molecule has 16 heavy (non-hydrogen) atoms. The smallest absolute Gasteiger partial charge is 0.137 e. The molecule has 0 aliphatic heterocycles. The first-order chi connectivity index (χ1) is 7.72. The monoisotopic (exact) mass is 239 g/mol. The molecule has 0 radical (unpaired) electrons. The second-order valence-electron chi connectivity index (χ2n) is 4.52. The largest absolute Gasteiger partial charge is 0.495 e. The van der Waals surface area contributed by atoms with Crippen molar-refractivity contribution in [2.24, 2.45) is 5.73 Å². The molecule has 2 nitrogen and oxygen atoms in total. The van der Waals surface area contributed by atoms with Gasteiger partial charge in [-0.1, -0.05) is 24.1 Å². The zero-order valence-corrected chi connectivity index (χ0v) is 10.4. The Kier molecular flexibility index (Phi) is 3.41. The molecule has 1 saturated carbocycles. The van der Waals surface area contributed by atoms with Crippen LogP contribution >= 0.6 is 11.6 Å². The van der Waals surface area contributed by atoms with Crippen molar-refractivity contribution in [3.63, 3.8) is 0 Å². The highest BCUT2D eigenvalue weighted by atomic mass is 35.5. The molecule has 2 N–H and O–H groups in total. The quantitative estimate of drug-likeness (QED) is 0.876. The topological polar surface area (TPSA) is 35.2 Å². The van der Waals surface area contributed by atoms with E-state index in [1.165, 1.54) is 24.8 Å². The number of hydrogen-bond acceptors (Lipinski definition) is 2. The van der Waals surface area contributed by atoms with Crippen LogP contribution in [0.3, 0.4) is 0 Å². The van der Waals surface area contributed by atoms with Gasteiger partial charge in [0.25, 0.3) is 0 Å². The normalized spacial score (nSPS) is 17.9. The summed E-state index contributed by atoms with van der Waals surface area (Å²) < 4.78 is 5.26. The number of hydrogen-bond donors (Lipinski definition) is 1. The Labute approximate surface area is 102 Å². The van der Waals surface area contributed by atoms with Gasteiger partial charge in [-0.05, 0) is 48.9 Å². The fourth-order valence-corrected chi connectivity index (χ4v) is 2.75. The Morgan fingerprint density at radius 2 is 2.19 bits per heavy atom. The summed E-state index contributed by atoms with van der Waals surface area (Å²) in [6, 6.07) is 6.10. The Bertz CT molecular complexity index is 374. The summed E-state index contributed by atoms with van der Waals surface area (Å²) in [7, 11) is 1.65. The number of ether oxygens (including phenoxy) is 1. The fourth-order valence-electron chi connectivity index (χ4n) is 2.55. The third-order valence-corrected chi connectivity index (χ3v) is 4.01. The molecule has 1 fully saturated rings. The SMILES string of the molecule is COc1cc(C2(CCN)CCC2)ccc1Cl. The Balaban J connectivity index is 2.31. The second kappa shape index (κ2) is 4.64. The van der Waals surface area contributed by atoms with E-state index in [0.717, 1.165) is 18.7 Å². The van der Waals surface area contributed by atoms with Crippen LogP contribution in [-0.2, 0) is 5.41 Å². The molecule has 0 saturated heterocycles. The molecule has 0 aromatic heterocycles. The van der Waals surface area contributed by atoms with E-state index >= 15 is 0 Å². The van der Waals surface area contributed by atoms with Crippen LogP contribution in [0.2, 0.25) is 5.02 Å². The van der Waals surface area contributed by atoms with Gasteiger partial charge in [-0.15, -0.1) is 0 Å². The highest BCUT2D eigenvalue weighted by molar-refractivity contribution is 6.32. The molecule has 2 rings (SSSR count). The molecule has 0 unspecified atom stereocenters. The molecule has 1 aromatic carbocycles. The van der Waals surface area contributed by atoms with E-state index in [9.17, 15) is 0 Å². The van der Waals surface area contributed by atoms with Crippen LogP contribution < -0.4 is 10.5 Å². The van der Waals surface area contributed by atoms with Crippen molar-refractivity contribution in [1.29, 1.82) is 0 Å². The first kappa shape index (κ1) is 11.7. The van der Waals surface area contributed by atoms with Crippen LogP contribution in [-0.4, -0.2) is 13.7 Å². The van der Waals surface area contributed by atoms with Crippen LogP contribution in [0.5, 0.6) is 5.75 Å².